The molecule has 0 atom stereocenters. The van der Waals surface area contributed by atoms with Gasteiger partial charge in [0.25, 0.3) is 5.91 Å². The molecule has 1 amide bonds. The van der Waals surface area contributed by atoms with E-state index in [1.165, 1.54) is 16.9 Å². The third kappa shape index (κ3) is 4.02. The normalized spacial score (nSPS) is 10.8. The third-order valence-corrected chi connectivity index (χ3v) is 5.45. The van der Waals surface area contributed by atoms with Crippen molar-refractivity contribution in [1.29, 1.82) is 0 Å². The summed E-state index contributed by atoms with van der Waals surface area (Å²) in [6.07, 6.45) is 4.03. The Morgan fingerprint density at radius 2 is 1.79 bits per heavy atom. The zero-order chi connectivity index (χ0) is 19.3. The van der Waals surface area contributed by atoms with Crippen LogP contribution in [0.2, 0.25) is 0 Å². The standard InChI is InChI=1S/C22H20N4OS/c1-2-26-15-18(14-23-26)21(27)25-22-24-19(13-16-9-5-3-6-10-16)20(28-22)17-11-7-4-8-12-17/h3-12,14-15H,2,13H2,1H3,(H,24,25,27). The Bertz CT molecular complexity index is 1070. The van der Waals surface area contributed by atoms with E-state index in [-0.39, 0.29) is 5.91 Å². The van der Waals surface area contributed by atoms with Gasteiger partial charge in [0.1, 0.15) is 0 Å². The highest BCUT2D eigenvalue weighted by Crippen LogP contribution is 2.34. The van der Waals surface area contributed by atoms with E-state index in [4.69, 9.17) is 4.98 Å². The zero-order valence-corrected chi connectivity index (χ0v) is 16.3. The fourth-order valence-electron chi connectivity index (χ4n) is 2.95. The number of amides is 1. The van der Waals surface area contributed by atoms with Crippen molar-refractivity contribution in [1.82, 2.24) is 14.8 Å². The van der Waals surface area contributed by atoms with E-state index in [9.17, 15) is 4.79 Å². The molecule has 0 saturated carbocycles. The molecule has 0 aliphatic heterocycles. The van der Waals surface area contributed by atoms with Crippen molar-refractivity contribution < 1.29 is 4.79 Å². The minimum atomic E-state index is -0.195. The van der Waals surface area contributed by atoms with E-state index in [2.05, 4.69) is 34.7 Å². The second-order valence-corrected chi connectivity index (χ2v) is 7.36. The Hall–Kier alpha value is -3.25. The lowest BCUT2D eigenvalue weighted by atomic mass is 10.1. The summed E-state index contributed by atoms with van der Waals surface area (Å²) in [5.74, 6) is -0.195. The van der Waals surface area contributed by atoms with Gasteiger partial charge in [-0.2, -0.15) is 5.10 Å². The van der Waals surface area contributed by atoms with E-state index in [0.717, 1.165) is 22.7 Å². The van der Waals surface area contributed by atoms with Gasteiger partial charge < -0.3 is 0 Å². The number of carbonyl (C=O) groups is 1. The minimum Gasteiger partial charge on any atom is -0.298 e. The van der Waals surface area contributed by atoms with Gasteiger partial charge in [0.15, 0.2) is 5.13 Å². The van der Waals surface area contributed by atoms with Gasteiger partial charge in [-0.05, 0) is 18.1 Å². The van der Waals surface area contributed by atoms with Gasteiger partial charge in [0.05, 0.1) is 22.3 Å². The molecule has 6 heteroatoms. The van der Waals surface area contributed by atoms with Crippen molar-refractivity contribution in [2.75, 3.05) is 5.32 Å². The van der Waals surface area contributed by atoms with Gasteiger partial charge in [-0.3, -0.25) is 14.8 Å². The molecule has 0 fully saturated rings. The molecule has 140 valence electrons. The number of thiazole rings is 1. The molecule has 28 heavy (non-hydrogen) atoms. The molecule has 1 N–H and O–H groups in total. The highest BCUT2D eigenvalue weighted by molar-refractivity contribution is 7.19. The van der Waals surface area contributed by atoms with E-state index in [1.54, 1.807) is 17.1 Å². The molecule has 2 aromatic carbocycles. The molecular formula is C22H20N4OS. The Kier molecular flexibility index (Phi) is 5.30. The number of nitrogens with zero attached hydrogens (tertiary/aromatic N) is 3. The third-order valence-electron chi connectivity index (χ3n) is 4.39. The number of aryl methyl sites for hydroxylation is 1. The smallest absolute Gasteiger partial charge is 0.260 e. The summed E-state index contributed by atoms with van der Waals surface area (Å²) >= 11 is 1.50. The van der Waals surface area contributed by atoms with Crippen LogP contribution in [0.3, 0.4) is 0 Å². The molecule has 5 nitrogen and oxygen atoms in total. The maximum atomic E-state index is 12.6. The van der Waals surface area contributed by atoms with E-state index < -0.39 is 0 Å². The van der Waals surface area contributed by atoms with Crippen LogP contribution in [-0.2, 0) is 13.0 Å². The molecule has 0 aliphatic carbocycles. The Balaban J connectivity index is 1.63. The van der Waals surface area contributed by atoms with Crippen LogP contribution in [0.5, 0.6) is 0 Å². The van der Waals surface area contributed by atoms with Crippen molar-refractivity contribution in [3.8, 4) is 10.4 Å². The molecule has 4 aromatic rings. The predicted molar refractivity (Wildman–Crippen MR) is 113 cm³/mol. The van der Waals surface area contributed by atoms with Gasteiger partial charge in [0.2, 0.25) is 0 Å². The Labute approximate surface area is 167 Å². The summed E-state index contributed by atoms with van der Waals surface area (Å²) in [7, 11) is 0. The van der Waals surface area contributed by atoms with E-state index >= 15 is 0 Å². The predicted octanol–water partition coefficient (Wildman–Crippen LogP) is 4.87. The van der Waals surface area contributed by atoms with Gasteiger partial charge in [-0.15, -0.1) is 0 Å². The molecule has 0 radical (unpaired) electrons. The topological polar surface area (TPSA) is 59.8 Å². The summed E-state index contributed by atoms with van der Waals surface area (Å²) in [5, 5.41) is 7.69. The SMILES string of the molecule is CCn1cc(C(=O)Nc2nc(Cc3ccccc3)c(-c3ccccc3)s2)cn1. The minimum absolute atomic E-state index is 0.195. The molecule has 2 aromatic heterocycles. The Morgan fingerprint density at radius 1 is 1.07 bits per heavy atom. The molecule has 0 saturated heterocycles. The van der Waals surface area contributed by atoms with E-state index in [0.29, 0.717) is 17.1 Å². The lowest BCUT2D eigenvalue weighted by Crippen LogP contribution is -2.11. The maximum absolute atomic E-state index is 12.6. The first-order valence-electron chi connectivity index (χ1n) is 9.16. The van der Waals surface area contributed by atoms with Crippen LogP contribution in [0.15, 0.2) is 73.1 Å². The average molecular weight is 388 g/mol. The Morgan fingerprint density at radius 3 is 2.46 bits per heavy atom. The molecule has 0 spiro atoms. The van der Waals surface area contributed by atoms with Gasteiger partial charge in [0, 0.05) is 19.2 Å². The number of hydrogen-bond donors (Lipinski definition) is 1. The molecule has 2 heterocycles. The molecular weight excluding hydrogens is 368 g/mol. The first-order valence-corrected chi connectivity index (χ1v) is 9.97. The second-order valence-electron chi connectivity index (χ2n) is 6.36. The highest BCUT2D eigenvalue weighted by Gasteiger charge is 2.16. The lowest BCUT2D eigenvalue weighted by molar-refractivity contribution is 0.102. The first kappa shape index (κ1) is 18.1. The quantitative estimate of drug-likeness (QED) is 0.513. The van der Waals surface area contributed by atoms with Crippen molar-refractivity contribution in [2.45, 2.75) is 19.9 Å². The first-order chi connectivity index (χ1) is 13.7. The van der Waals surface area contributed by atoms with Crippen molar-refractivity contribution in [3.63, 3.8) is 0 Å². The number of nitrogens with one attached hydrogen (secondary N) is 1. The van der Waals surface area contributed by atoms with Crippen LogP contribution >= 0.6 is 11.3 Å². The van der Waals surface area contributed by atoms with Gasteiger partial charge >= 0.3 is 0 Å². The van der Waals surface area contributed by atoms with Crippen LogP contribution < -0.4 is 5.32 Å². The summed E-state index contributed by atoms with van der Waals surface area (Å²) in [6, 6.07) is 20.4. The largest absolute Gasteiger partial charge is 0.298 e. The zero-order valence-electron chi connectivity index (χ0n) is 15.5. The number of rotatable bonds is 6. The summed E-state index contributed by atoms with van der Waals surface area (Å²) in [5.41, 5.74) is 3.78. The maximum Gasteiger partial charge on any atom is 0.260 e. The van der Waals surface area contributed by atoms with Crippen LogP contribution in [0.4, 0.5) is 5.13 Å². The monoisotopic (exact) mass is 388 g/mol. The second kappa shape index (κ2) is 8.19. The molecule has 0 unspecified atom stereocenters. The highest BCUT2D eigenvalue weighted by atomic mass is 32.1. The average Bonchev–Trinajstić information content (AvgIpc) is 3.37. The lowest BCUT2D eigenvalue weighted by Gasteiger charge is -2.02. The number of anilines is 1. The molecule has 0 bridgehead atoms. The van der Waals surface area contributed by atoms with Gasteiger partial charge in [-0.1, -0.05) is 72.0 Å². The van der Waals surface area contributed by atoms with Crippen LogP contribution in [0, 0.1) is 0 Å². The van der Waals surface area contributed by atoms with Gasteiger partial charge in [-0.25, -0.2) is 4.98 Å². The number of aromatic nitrogens is 3. The van der Waals surface area contributed by atoms with Crippen molar-refractivity contribution >= 4 is 22.4 Å². The molecule has 4 rings (SSSR count). The van der Waals surface area contributed by atoms with Crippen LogP contribution in [-0.4, -0.2) is 20.7 Å². The van der Waals surface area contributed by atoms with Crippen molar-refractivity contribution in [2.24, 2.45) is 0 Å². The summed E-state index contributed by atoms with van der Waals surface area (Å²) < 4.78 is 1.73. The fraction of sp³-hybridized carbons (Fsp3) is 0.136. The summed E-state index contributed by atoms with van der Waals surface area (Å²) in [6.45, 7) is 2.71. The molecule has 0 aliphatic rings. The number of hydrogen-bond acceptors (Lipinski definition) is 4. The van der Waals surface area contributed by atoms with Crippen molar-refractivity contribution in [3.05, 3.63) is 89.9 Å². The summed E-state index contributed by atoms with van der Waals surface area (Å²) in [4.78, 5) is 18.4. The van der Waals surface area contributed by atoms with Crippen LogP contribution in [0.1, 0.15) is 28.5 Å². The van der Waals surface area contributed by atoms with Crippen LogP contribution in [0.25, 0.3) is 10.4 Å². The number of benzene rings is 2. The van der Waals surface area contributed by atoms with E-state index in [1.807, 2.05) is 43.3 Å². The fourth-order valence-corrected chi connectivity index (χ4v) is 3.93. The number of carbonyl (C=O) groups excluding carboxylic acids is 1.